The van der Waals surface area contributed by atoms with E-state index in [1.807, 2.05) is 34.6 Å². The first-order valence-electron chi connectivity index (χ1n) is 27.2. The Morgan fingerprint density at radius 3 is 1.83 bits per heavy atom. The summed E-state index contributed by atoms with van der Waals surface area (Å²) in [5.41, 5.74) is -2.89. The van der Waals surface area contributed by atoms with Gasteiger partial charge in [-0.2, -0.15) is 0 Å². The third-order valence-electron chi connectivity index (χ3n) is 20.4. The highest BCUT2D eigenvalue weighted by Crippen LogP contribution is 2.76. The van der Waals surface area contributed by atoms with Crippen molar-refractivity contribution in [3.63, 3.8) is 0 Å². The maximum Gasteiger partial charge on any atom is 0.187 e. The molecule has 0 aromatic carbocycles. The molecule has 75 heavy (non-hydrogen) atoms. The van der Waals surface area contributed by atoms with E-state index in [0.29, 0.717) is 51.4 Å². The first kappa shape index (κ1) is 60.0. The Labute approximate surface area is 439 Å². The molecule has 0 aromatic rings. The average molecular weight is 1080 g/mol. The van der Waals surface area contributed by atoms with E-state index in [1.54, 1.807) is 0 Å². The Morgan fingerprint density at radius 2 is 1.21 bits per heavy atom. The van der Waals surface area contributed by atoms with Crippen molar-refractivity contribution in [2.75, 3.05) is 19.8 Å². The molecule has 30 atom stereocenters. The van der Waals surface area contributed by atoms with E-state index in [-0.39, 0.29) is 5.92 Å². The summed E-state index contributed by atoms with van der Waals surface area (Å²) in [5.74, 6) is -1.44. The summed E-state index contributed by atoms with van der Waals surface area (Å²) < 4.78 is 50.5. The molecule has 0 amide bonds. The minimum absolute atomic E-state index is 0.149. The Bertz CT molecular complexity index is 1960. The molecule has 0 spiro atoms. The van der Waals surface area contributed by atoms with Crippen LogP contribution in [0.1, 0.15) is 114 Å². The third kappa shape index (κ3) is 10.4. The van der Waals surface area contributed by atoms with Gasteiger partial charge in [0, 0.05) is 0 Å². The Kier molecular flexibility index (Phi) is 17.8. The van der Waals surface area contributed by atoms with E-state index in [4.69, 9.17) is 37.9 Å². The second-order valence-electron chi connectivity index (χ2n) is 25.4. The first-order valence-corrected chi connectivity index (χ1v) is 27.2. The maximum absolute atomic E-state index is 13.0. The highest BCUT2D eigenvalue weighted by molar-refractivity contribution is 5.22. The number of rotatable bonds is 14. The number of allylic oxidation sites excluding steroid dienone is 2. The smallest absolute Gasteiger partial charge is 0.187 e. The molecule has 434 valence electrons. The van der Waals surface area contributed by atoms with Gasteiger partial charge in [0.25, 0.3) is 0 Å². The summed E-state index contributed by atoms with van der Waals surface area (Å²) in [7, 11) is 0. The van der Waals surface area contributed by atoms with Gasteiger partial charge in [-0.05, 0) is 124 Å². The molecule has 0 bridgehead atoms. The van der Waals surface area contributed by atoms with Crippen LogP contribution in [0.2, 0.25) is 0 Å². The van der Waals surface area contributed by atoms with E-state index >= 15 is 0 Å². The number of ether oxygens (including phenoxy) is 8. The van der Waals surface area contributed by atoms with Crippen LogP contribution in [0.3, 0.4) is 0 Å². The number of aliphatic hydroxyl groups is 14. The highest BCUT2D eigenvalue weighted by Gasteiger charge is 2.74. The number of aliphatic hydroxyl groups excluding tert-OH is 14. The molecule has 8 aliphatic rings. The Hall–Kier alpha value is -1.14. The zero-order chi connectivity index (χ0) is 55.2. The number of fused-ring (bicyclic) bond motifs is 5. The zero-order valence-electron chi connectivity index (χ0n) is 44.9. The lowest BCUT2D eigenvalue weighted by Gasteiger charge is -2.72. The van der Waals surface area contributed by atoms with Gasteiger partial charge < -0.3 is 109 Å². The second-order valence-corrected chi connectivity index (χ2v) is 25.4. The lowest BCUT2D eigenvalue weighted by Crippen LogP contribution is -2.71. The van der Waals surface area contributed by atoms with Crippen LogP contribution in [0, 0.1) is 45.3 Å². The molecule has 0 aromatic heterocycles. The summed E-state index contributed by atoms with van der Waals surface area (Å²) in [6.45, 7) is 16.1. The molecule has 0 radical (unpaired) electrons. The first-order chi connectivity index (χ1) is 35.0. The maximum atomic E-state index is 13.0. The van der Waals surface area contributed by atoms with Gasteiger partial charge in [0.05, 0.1) is 49.8 Å². The van der Waals surface area contributed by atoms with E-state index in [9.17, 15) is 71.5 Å². The standard InChI is InChI=1S/C53H90O22/c1-22(2)11-10-14-53(9,75-48-43(39(65)36(62)29(20-55)72-48)73-45-40(66)34(60)26(57)21-68-45)24-12-16-51(7)32(24)25(56)17-30-50(6)15-13-31(58)49(4,5)44(50)27(18-52(30,51)8)70-47-42(38(64)35(61)28(19-54)71-47)74-46-41(67)37(63)33(59)23(3)69-46/h11,23-48,54-67H,10,12-21H2,1-9H3/t23-,24-,25+,26-,27-,28+,29+,30+,31-,32-,33-,34-,35+,36+,37+,38-,39-,40+,41+,42+,43+,44-,45-,46-,47+,48-,50+,51+,52+,53-/m0/s1. The van der Waals surface area contributed by atoms with Crippen molar-refractivity contribution in [1.29, 1.82) is 0 Å². The minimum Gasteiger partial charge on any atom is -0.394 e. The van der Waals surface area contributed by atoms with Crippen molar-refractivity contribution in [2.45, 2.75) is 254 Å². The van der Waals surface area contributed by atoms with Crippen LogP contribution < -0.4 is 0 Å². The second kappa shape index (κ2) is 22.3. The summed E-state index contributed by atoms with van der Waals surface area (Å²) in [6.07, 6.45) is -26.2. The van der Waals surface area contributed by atoms with Crippen molar-refractivity contribution < 1.29 is 109 Å². The monoisotopic (exact) mass is 1080 g/mol. The van der Waals surface area contributed by atoms with Gasteiger partial charge in [0.2, 0.25) is 0 Å². The van der Waals surface area contributed by atoms with Crippen LogP contribution in [0.5, 0.6) is 0 Å². The van der Waals surface area contributed by atoms with Crippen molar-refractivity contribution in [2.24, 2.45) is 45.3 Å². The van der Waals surface area contributed by atoms with Gasteiger partial charge in [-0.3, -0.25) is 0 Å². The third-order valence-corrected chi connectivity index (χ3v) is 20.4. The fourth-order valence-corrected chi connectivity index (χ4v) is 16.1. The van der Waals surface area contributed by atoms with Crippen molar-refractivity contribution in [3.05, 3.63) is 11.6 Å². The minimum atomic E-state index is -1.78. The molecule has 14 N–H and O–H groups in total. The topological polar surface area (TPSA) is 357 Å². The SMILES string of the molecule is CC(C)=CCC[C@](C)(O[C@@H]1O[C@H](CO)[C@@H](O)[C@H](O)[C@H]1O[C@@H]1OC[C@H](O)[C@H](O)[C@H]1O)[C@H]1CC[C@]2(C)[C@@H]1[C@H](O)C[C@@H]1[C@@]3(C)CC[C@H](O)C(C)(C)[C@@H]3[C@@H](O[C@@H]3O[C@H](CO)[C@@H](O)[C@H](O)[C@H]3O[C@@H]3O[C@@H](C)[C@H](O)[C@@H](O)[C@H]3O)C[C@]12C. The molecule has 0 unspecified atom stereocenters. The van der Waals surface area contributed by atoms with Crippen LogP contribution >= 0.6 is 0 Å². The summed E-state index contributed by atoms with van der Waals surface area (Å²) in [6, 6.07) is 0. The molecule has 8 rings (SSSR count). The van der Waals surface area contributed by atoms with Crippen molar-refractivity contribution >= 4 is 0 Å². The van der Waals surface area contributed by atoms with Crippen LogP contribution in [0.25, 0.3) is 0 Å². The van der Waals surface area contributed by atoms with Crippen LogP contribution in [0.4, 0.5) is 0 Å². The molecular formula is C53H90O22. The molecule has 4 aliphatic heterocycles. The van der Waals surface area contributed by atoms with E-state index in [0.717, 1.165) is 5.57 Å². The molecule has 8 fully saturated rings. The van der Waals surface area contributed by atoms with Crippen LogP contribution in [-0.2, 0) is 37.9 Å². The Morgan fingerprint density at radius 1 is 0.627 bits per heavy atom. The van der Waals surface area contributed by atoms with E-state index in [2.05, 4.69) is 26.8 Å². The van der Waals surface area contributed by atoms with E-state index in [1.165, 1.54) is 6.92 Å². The van der Waals surface area contributed by atoms with Gasteiger partial charge in [0.15, 0.2) is 25.2 Å². The lowest BCUT2D eigenvalue weighted by molar-refractivity contribution is -0.383. The molecular weight excluding hydrogens is 989 g/mol. The fraction of sp³-hybridized carbons (Fsp3) is 0.962. The largest absolute Gasteiger partial charge is 0.394 e. The number of hydrogen-bond donors (Lipinski definition) is 14. The molecule has 4 heterocycles. The molecule has 22 heteroatoms. The van der Waals surface area contributed by atoms with Gasteiger partial charge in [0.1, 0.15) is 85.5 Å². The molecule has 22 nitrogen and oxygen atoms in total. The predicted octanol–water partition coefficient (Wildman–Crippen LogP) is -1.57. The lowest BCUT2D eigenvalue weighted by atomic mass is 9.34. The van der Waals surface area contributed by atoms with Gasteiger partial charge in [-0.25, -0.2) is 0 Å². The molecule has 4 saturated heterocycles. The van der Waals surface area contributed by atoms with Gasteiger partial charge >= 0.3 is 0 Å². The van der Waals surface area contributed by atoms with Gasteiger partial charge in [-0.1, -0.05) is 46.3 Å². The Balaban J connectivity index is 1.16. The van der Waals surface area contributed by atoms with Crippen LogP contribution in [0.15, 0.2) is 11.6 Å². The number of hydrogen-bond acceptors (Lipinski definition) is 22. The predicted molar refractivity (Wildman–Crippen MR) is 260 cm³/mol. The van der Waals surface area contributed by atoms with E-state index < -0.39 is 200 Å². The molecule has 4 saturated carbocycles. The van der Waals surface area contributed by atoms with Crippen molar-refractivity contribution in [3.8, 4) is 0 Å². The zero-order valence-corrected chi connectivity index (χ0v) is 44.9. The normalized spacial score (nSPS) is 53.7. The summed E-state index contributed by atoms with van der Waals surface area (Å²) in [4.78, 5) is 0. The summed E-state index contributed by atoms with van der Waals surface area (Å²) >= 11 is 0. The van der Waals surface area contributed by atoms with Gasteiger partial charge in [-0.15, -0.1) is 0 Å². The molecule has 4 aliphatic carbocycles. The van der Waals surface area contributed by atoms with Crippen LogP contribution in [-0.4, -0.2) is 232 Å². The highest BCUT2D eigenvalue weighted by atomic mass is 16.8. The van der Waals surface area contributed by atoms with Crippen molar-refractivity contribution in [1.82, 2.24) is 0 Å². The average Bonchev–Trinajstić information content (AvgIpc) is 3.75. The quantitative estimate of drug-likeness (QED) is 0.0691. The fourth-order valence-electron chi connectivity index (χ4n) is 16.1. The summed E-state index contributed by atoms with van der Waals surface area (Å²) in [5, 5.41) is 155.